The molecule has 0 radical (unpaired) electrons. The molecule has 2 rings (SSSR count). The molecule has 0 fully saturated rings. The number of halogens is 2. The Morgan fingerprint density at radius 3 is 2.82 bits per heavy atom. The molecule has 6 heteroatoms. The van der Waals surface area contributed by atoms with Gasteiger partial charge in [-0.1, -0.05) is 17.7 Å². The lowest BCUT2D eigenvalue weighted by Gasteiger charge is -2.03. The highest BCUT2D eigenvalue weighted by Gasteiger charge is 2.15. The quantitative estimate of drug-likeness (QED) is 0.838. The number of aromatic nitrogens is 2. The lowest BCUT2D eigenvalue weighted by molar-refractivity contribution is 0.101. The first-order valence-corrected chi connectivity index (χ1v) is 5.12. The van der Waals surface area contributed by atoms with Crippen molar-refractivity contribution in [1.29, 1.82) is 0 Å². The number of carbonyl (C=O) groups is 1. The Kier molecular flexibility index (Phi) is 2.85. The van der Waals surface area contributed by atoms with Crippen LogP contribution in [0.3, 0.4) is 0 Å². The Bertz CT molecular complexity index is 595. The molecule has 17 heavy (non-hydrogen) atoms. The van der Waals surface area contributed by atoms with Crippen molar-refractivity contribution < 1.29 is 14.3 Å². The van der Waals surface area contributed by atoms with Gasteiger partial charge in [0, 0.05) is 6.20 Å². The summed E-state index contributed by atoms with van der Waals surface area (Å²) in [5, 5.41) is 13.0. The number of benzene rings is 1. The van der Waals surface area contributed by atoms with Crippen LogP contribution in [0, 0.1) is 5.82 Å². The molecule has 4 nitrogen and oxygen atoms in total. The van der Waals surface area contributed by atoms with Gasteiger partial charge in [0.2, 0.25) is 5.88 Å². The Morgan fingerprint density at radius 2 is 2.24 bits per heavy atom. The number of hydrogen-bond donors (Lipinski definition) is 1. The summed E-state index contributed by atoms with van der Waals surface area (Å²) in [4.78, 5) is 11.1. The fraction of sp³-hybridized carbons (Fsp3) is 0.0909. The van der Waals surface area contributed by atoms with E-state index in [-0.39, 0.29) is 22.1 Å². The Balaban J connectivity index is 2.58. The normalized spacial score (nSPS) is 10.5. The minimum absolute atomic E-state index is 0.0318. The van der Waals surface area contributed by atoms with Crippen LogP contribution in [-0.4, -0.2) is 20.7 Å². The van der Waals surface area contributed by atoms with Gasteiger partial charge < -0.3 is 5.11 Å². The molecular weight excluding hydrogens is 247 g/mol. The first-order valence-electron chi connectivity index (χ1n) is 4.74. The minimum Gasteiger partial charge on any atom is -0.492 e. The van der Waals surface area contributed by atoms with Crippen LogP contribution in [0.15, 0.2) is 24.4 Å². The number of aromatic hydroxyl groups is 1. The smallest absolute Gasteiger partial charge is 0.241 e. The molecule has 0 aliphatic rings. The van der Waals surface area contributed by atoms with Crippen molar-refractivity contribution in [1.82, 2.24) is 9.78 Å². The Labute approximate surface area is 101 Å². The molecule has 1 heterocycles. The van der Waals surface area contributed by atoms with Crippen LogP contribution in [0.25, 0.3) is 5.69 Å². The van der Waals surface area contributed by atoms with Crippen molar-refractivity contribution in [3.8, 4) is 11.6 Å². The second-order valence-electron chi connectivity index (χ2n) is 3.44. The van der Waals surface area contributed by atoms with E-state index in [0.717, 1.165) is 4.68 Å². The van der Waals surface area contributed by atoms with Gasteiger partial charge in [-0.2, -0.15) is 0 Å². The van der Waals surface area contributed by atoms with Gasteiger partial charge in [-0.05, 0) is 19.1 Å². The van der Waals surface area contributed by atoms with Crippen LogP contribution in [0.2, 0.25) is 5.02 Å². The van der Waals surface area contributed by atoms with Crippen molar-refractivity contribution >= 4 is 17.4 Å². The maximum absolute atomic E-state index is 13.7. The molecule has 0 amide bonds. The van der Waals surface area contributed by atoms with Crippen LogP contribution < -0.4 is 0 Å². The summed E-state index contributed by atoms with van der Waals surface area (Å²) in [6.07, 6.45) is 1.26. The maximum Gasteiger partial charge on any atom is 0.241 e. The van der Waals surface area contributed by atoms with E-state index in [2.05, 4.69) is 5.10 Å². The molecule has 1 aromatic heterocycles. The van der Waals surface area contributed by atoms with E-state index < -0.39 is 11.7 Å². The lowest BCUT2D eigenvalue weighted by Crippen LogP contribution is -1.98. The summed E-state index contributed by atoms with van der Waals surface area (Å²) >= 11 is 5.63. The Morgan fingerprint density at radius 1 is 1.53 bits per heavy atom. The van der Waals surface area contributed by atoms with Crippen molar-refractivity contribution in [2.75, 3.05) is 0 Å². The van der Waals surface area contributed by atoms with Crippen LogP contribution in [0.1, 0.15) is 17.3 Å². The molecular formula is C11H8ClFN2O2. The summed E-state index contributed by atoms with van der Waals surface area (Å²) in [6.45, 7) is 1.29. The highest BCUT2D eigenvalue weighted by molar-refractivity contribution is 6.30. The van der Waals surface area contributed by atoms with Crippen molar-refractivity contribution in [3.63, 3.8) is 0 Å². The van der Waals surface area contributed by atoms with Gasteiger partial charge in [0.15, 0.2) is 11.6 Å². The molecule has 1 N–H and O–H groups in total. The maximum atomic E-state index is 13.7. The number of nitrogens with zero attached hydrogens (tertiary/aromatic N) is 2. The summed E-state index contributed by atoms with van der Waals surface area (Å²) in [5.74, 6) is -1.44. The summed E-state index contributed by atoms with van der Waals surface area (Å²) in [6, 6.07) is 4.39. The zero-order valence-electron chi connectivity index (χ0n) is 8.82. The largest absolute Gasteiger partial charge is 0.492 e. The van der Waals surface area contributed by atoms with Gasteiger partial charge in [-0.15, -0.1) is 5.10 Å². The number of ketones is 1. The van der Waals surface area contributed by atoms with Crippen molar-refractivity contribution in [3.05, 3.63) is 40.8 Å². The third-order valence-electron chi connectivity index (χ3n) is 2.25. The van der Waals surface area contributed by atoms with Crippen LogP contribution in [-0.2, 0) is 0 Å². The average Bonchev–Trinajstić information content (AvgIpc) is 2.64. The van der Waals surface area contributed by atoms with E-state index in [1.54, 1.807) is 6.07 Å². The van der Waals surface area contributed by atoms with Crippen molar-refractivity contribution in [2.45, 2.75) is 6.92 Å². The van der Waals surface area contributed by atoms with Gasteiger partial charge in [0.05, 0.1) is 10.6 Å². The minimum atomic E-state index is -0.660. The fourth-order valence-corrected chi connectivity index (χ4v) is 1.58. The first-order chi connectivity index (χ1) is 8.00. The number of rotatable bonds is 2. The third kappa shape index (κ3) is 2.01. The predicted octanol–water partition coefficient (Wildman–Crippen LogP) is 2.57. The summed E-state index contributed by atoms with van der Waals surface area (Å²) < 4.78 is 14.7. The van der Waals surface area contributed by atoms with Gasteiger partial charge in [0.25, 0.3) is 0 Å². The molecule has 1 aromatic carbocycles. The fourth-order valence-electron chi connectivity index (χ4n) is 1.41. The second kappa shape index (κ2) is 4.18. The van der Waals surface area contributed by atoms with E-state index >= 15 is 0 Å². The van der Waals surface area contributed by atoms with Crippen molar-refractivity contribution in [2.24, 2.45) is 0 Å². The molecule has 0 spiro atoms. The predicted molar refractivity (Wildman–Crippen MR) is 60.2 cm³/mol. The number of hydrogen-bond acceptors (Lipinski definition) is 3. The molecule has 0 aliphatic heterocycles. The van der Waals surface area contributed by atoms with Gasteiger partial charge in [-0.25, -0.2) is 9.07 Å². The van der Waals surface area contributed by atoms with Gasteiger partial charge in [0.1, 0.15) is 5.69 Å². The zero-order chi connectivity index (χ0) is 12.6. The SMILES string of the molecule is CC(=O)c1cn(-c2cccc(Cl)c2F)nc1O. The highest BCUT2D eigenvalue weighted by Crippen LogP contribution is 2.23. The number of carbonyl (C=O) groups excluding carboxylic acids is 1. The topological polar surface area (TPSA) is 55.1 Å². The molecule has 0 saturated carbocycles. The molecule has 0 unspecified atom stereocenters. The highest BCUT2D eigenvalue weighted by atomic mass is 35.5. The number of Topliss-reactive ketones (excluding diaryl/α,β-unsaturated/α-hetero) is 1. The van der Waals surface area contributed by atoms with E-state index in [1.165, 1.54) is 25.3 Å². The Hall–Kier alpha value is -1.88. The summed E-state index contributed by atoms with van der Waals surface area (Å²) in [7, 11) is 0. The molecule has 0 aliphatic carbocycles. The van der Waals surface area contributed by atoms with E-state index in [0.29, 0.717) is 0 Å². The van der Waals surface area contributed by atoms with Crippen LogP contribution >= 0.6 is 11.6 Å². The van der Waals surface area contributed by atoms with Gasteiger partial charge in [-0.3, -0.25) is 4.79 Å². The molecule has 0 bridgehead atoms. The monoisotopic (exact) mass is 254 g/mol. The zero-order valence-corrected chi connectivity index (χ0v) is 9.57. The first kappa shape index (κ1) is 11.6. The van der Waals surface area contributed by atoms with E-state index in [4.69, 9.17) is 11.6 Å². The standard InChI is InChI=1S/C11H8ClFN2O2/c1-6(16)7-5-15(14-11(7)17)9-4-2-3-8(12)10(9)13/h2-5H,1H3,(H,14,17). The average molecular weight is 255 g/mol. The van der Waals surface area contributed by atoms with Gasteiger partial charge >= 0.3 is 0 Å². The molecule has 0 atom stereocenters. The summed E-state index contributed by atoms with van der Waals surface area (Å²) in [5.41, 5.74) is 0.102. The lowest BCUT2D eigenvalue weighted by atomic mass is 10.2. The van der Waals surface area contributed by atoms with Crippen LogP contribution in [0.4, 0.5) is 4.39 Å². The molecule has 88 valence electrons. The van der Waals surface area contributed by atoms with E-state index in [1.807, 2.05) is 0 Å². The third-order valence-corrected chi connectivity index (χ3v) is 2.54. The van der Waals surface area contributed by atoms with E-state index in [9.17, 15) is 14.3 Å². The second-order valence-corrected chi connectivity index (χ2v) is 3.85. The van der Waals surface area contributed by atoms with Crippen LogP contribution in [0.5, 0.6) is 5.88 Å². The molecule has 0 saturated heterocycles. The molecule has 2 aromatic rings.